The van der Waals surface area contributed by atoms with E-state index in [4.69, 9.17) is 9.47 Å². The molecule has 2 heterocycles. The van der Waals surface area contributed by atoms with Gasteiger partial charge in [-0.25, -0.2) is 0 Å². The maximum Gasteiger partial charge on any atom is 0.231 e. The Kier molecular flexibility index (Phi) is 5.30. The lowest BCUT2D eigenvalue weighted by Gasteiger charge is -2.22. The number of nitrogens with zero attached hydrogens (tertiary/aromatic N) is 2. The second-order valence-electron chi connectivity index (χ2n) is 7.37. The number of likely N-dealkylation sites (tertiary alicyclic amines) is 1. The average Bonchev–Trinajstić information content (AvgIpc) is 3.34. The number of carbonyl (C=O) groups excluding carboxylic acids is 1. The highest BCUT2D eigenvalue weighted by atomic mass is 16.7. The van der Waals surface area contributed by atoms with Gasteiger partial charge in [-0.1, -0.05) is 30.3 Å². The number of ether oxygens (including phenoxy) is 2. The SMILES string of the molecule is CN(Cc1ccccc1CN1CCCC1)C(=O)Cc1ccc2c(c1)OCO2. The van der Waals surface area contributed by atoms with Gasteiger partial charge in [-0.3, -0.25) is 9.69 Å². The zero-order chi connectivity index (χ0) is 18.6. The fourth-order valence-corrected chi connectivity index (χ4v) is 3.75. The summed E-state index contributed by atoms with van der Waals surface area (Å²) in [6.07, 6.45) is 2.94. The molecule has 2 aliphatic heterocycles. The van der Waals surface area contributed by atoms with Crippen LogP contribution in [0.5, 0.6) is 11.5 Å². The third-order valence-corrected chi connectivity index (χ3v) is 5.34. The van der Waals surface area contributed by atoms with Gasteiger partial charge in [0.25, 0.3) is 0 Å². The molecule has 2 aromatic rings. The monoisotopic (exact) mass is 366 g/mol. The number of fused-ring (bicyclic) bond motifs is 1. The van der Waals surface area contributed by atoms with Crippen LogP contribution in [0.4, 0.5) is 0 Å². The van der Waals surface area contributed by atoms with Crippen molar-refractivity contribution >= 4 is 5.91 Å². The first-order valence-corrected chi connectivity index (χ1v) is 9.61. The molecule has 0 aromatic heterocycles. The van der Waals surface area contributed by atoms with Crippen LogP contribution in [0.25, 0.3) is 0 Å². The Balaban J connectivity index is 1.39. The van der Waals surface area contributed by atoms with E-state index in [0.29, 0.717) is 13.0 Å². The Labute approximate surface area is 160 Å². The highest BCUT2D eigenvalue weighted by Gasteiger charge is 2.18. The van der Waals surface area contributed by atoms with Gasteiger partial charge in [-0.05, 0) is 54.8 Å². The van der Waals surface area contributed by atoms with E-state index in [-0.39, 0.29) is 12.7 Å². The summed E-state index contributed by atoms with van der Waals surface area (Å²) in [5.74, 6) is 1.57. The van der Waals surface area contributed by atoms with E-state index < -0.39 is 0 Å². The van der Waals surface area contributed by atoms with E-state index >= 15 is 0 Å². The van der Waals surface area contributed by atoms with Crippen LogP contribution in [0, 0.1) is 0 Å². The summed E-state index contributed by atoms with van der Waals surface area (Å²) in [5, 5.41) is 0. The average molecular weight is 366 g/mol. The summed E-state index contributed by atoms with van der Waals surface area (Å²) in [6, 6.07) is 14.2. The van der Waals surface area contributed by atoms with Crippen molar-refractivity contribution in [1.29, 1.82) is 0 Å². The molecule has 0 radical (unpaired) electrons. The van der Waals surface area contributed by atoms with Gasteiger partial charge < -0.3 is 14.4 Å². The van der Waals surface area contributed by atoms with Crippen molar-refractivity contribution < 1.29 is 14.3 Å². The van der Waals surface area contributed by atoms with Gasteiger partial charge in [0, 0.05) is 20.1 Å². The van der Waals surface area contributed by atoms with Crippen molar-refractivity contribution in [2.75, 3.05) is 26.9 Å². The third kappa shape index (κ3) is 4.25. The second-order valence-corrected chi connectivity index (χ2v) is 7.37. The van der Waals surface area contributed by atoms with Crippen molar-refractivity contribution in [3.05, 3.63) is 59.2 Å². The van der Waals surface area contributed by atoms with Crippen molar-refractivity contribution in [3.8, 4) is 11.5 Å². The van der Waals surface area contributed by atoms with Gasteiger partial charge >= 0.3 is 0 Å². The van der Waals surface area contributed by atoms with Crippen LogP contribution in [0.3, 0.4) is 0 Å². The molecule has 0 atom stereocenters. The smallest absolute Gasteiger partial charge is 0.231 e. The predicted molar refractivity (Wildman–Crippen MR) is 104 cm³/mol. The molecule has 0 saturated carbocycles. The molecule has 0 spiro atoms. The van der Waals surface area contributed by atoms with Gasteiger partial charge in [0.15, 0.2) is 11.5 Å². The Morgan fingerprint density at radius 2 is 1.78 bits per heavy atom. The van der Waals surface area contributed by atoms with E-state index in [0.717, 1.165) is 23.6 Å². The maximum atomic E-state index is 12.7. The first-order valence-electron chi connectivity index (χ1n) is 9.61. The van der Waals surface area contributed by atoms with Gasteiger partial charge in [0.2, 0.25) is 12.7 Å². The molecule has 27 heavy (non-hydrogen) atoms. The molecule has 2 aromatic carbocycles. The number of hydrogen-bond acceptors (Lipinski definition) is 4. The fourth-order valence-electron chi connectivity index (χ4n) is 3.75. The molecule has 4 rings (SSSR count). The largest absolute Gasteiger partial charge is 0.454 e. The Morgan fingerprint density at radius 3 is 2.59 bits per heavy atom. The quantitative estimate of drug-likeness (QED) is 0.787. The minimum Gasteiger partial charge on any atom is -0.454 e. The molecule has 0 N–H and O–H groups in total. The molecular weight excluding hydrogens is 340 g/mol. The summed E-state index contributed by atoms with van der Waals surface area (Å²) >= 11 is 0. The molecule has 2 aliphatic rings. The van der Waals surface area contributed by atoms with Gasteiger partial charge in [0.1, 0.15) is 0 Å². The molecular formula is C22H26N2O3. The predicted octanol–water partition coefficient (Wildman–Crippen LogP) is 3.21. The topological polar surface area (TPSA) is 42.0 Å². The number of benzene rings is 2. The zero-order valence-corrected chi connectivity index (χ0v) is 15.8. The first kappa shape index (κ1) is 17.9. The van der Waals surface area contributed by atoms with E-state index in [1.807, 2.05) is 30.1 Å². The number of rotatable bonds is 6. The van der Waals surface area contributed by atoms with Crippen molar-refractivity contribution in [1.82, 2.24) is 9.80 Å². The van der Waals surface area contributed by atoms with Gasteiger partial charge in [-0.15, -0.1) is 0 Å². The lowest BCUT2D eigenvalue weighted by atomic mass is 10.1. The van der Waals surface area contributed by atoms with Crippen LogP contribution in [0.15, 0.2) is 42.5 Å². The number of carbonyl (C=O) groups is 1. The minimum atomic E-state index is 0.102. The van der Waals surface area contributed by atoms with E-state index in [1.54, 1.807) is 0 Å². The Morgan fingerprint density at radius 1 is 1.04 bits per heavy atom. The van der Waals surface area contributed by atoms with Crippen molar-refractivity contribution in [2.45, 2.75) is 32.4 Å². The molecule has 5 heteroatoms. The summed E-state index contributed by atoms with van der Waals surface area (Å²) in [4.78, 5) is 17.0. The van der Waals surface area contributed by atoms with E-state index in [1.165, 1.54) is 37.1 Å². The lowest BCUT2D eigenvalue weighted by Crippen LogP contribution is -2.28. The number of likely N-dealkylation sites (N-methyl/N-ethyl adjacent to an activating group) is 1. The first-order chi connectivity index (χ1) is 13.2. The summed E-state index contributed by atoms with van der Waals surface area (Å²) < 4.78 is 10.7. The molecule has 0 aliphatic carbocycles. The molecule has 1 saturated heterocycles. The van der Waals surface area contributed by atoms with Crippen molar-refractivity contribution in [3.63, 3.8) is 0 Å². The highest BCUT2D eigenvalue weighted by Crippen LogP contribution is 2.32. The van der Waals surface area contributed by atoms with Crippen LogP contribution in [-0.4, -0.2) is 42.6 Å². The Bertz CT molecular complexity index is 815. The van der Waals surface area contributed by atoms with Crippen molar-refractivity contribution in [2.24, 2.45) is 0 Å². The van der Waals surface area contributed by atoms with E-state index in [9.17, 15) is 4.79 Å². The molecule has 1 amide bonds. The third-order valence-electron chi connectivity index (χ3n) is 5.34. The summed E-state index contributed by atoms with van der Waals surface area (Å²) in [7, 11) is 1.88. The standard InChI is InChI=1S/C22H26N2O3/c1-23(22(25)13-17-8-9-20-21(12-17)27-16-26-20)14-18-6-2-3-7-19(18)15-24-10-4-5-11-24/h2-3,6-9,12H,4-5,10-11,13-16H2,1H3. The van der Waals surface area contributed by atoms with Crippen LogP contribution < -0.4 is 9.47 Å². The number of amides is 1. The minimum absolute atomic E-state index is 0.102. The highest BCUT2D eigenvalue weighted by molar-refractivity contribution is 5.78. The molecule has 0 bridgehead atoms. The van der Waals surface area contributed by atoms with Crippen LogP contribution in [0.2, 0.25) is 0 Å². The van der Waals surface area contributed by atoms with Crippen LogP contribution in [0.1, 0.15) is 29.5 Å². The van der Waals surface area contributed by atoms with E-state index in [2.05, 4.69) is 29.2 Å². The van der Waals surface area contributed by atoms with Gasteiger partial charge in [0.05, 0.1) is 6.42 Å². The molecule has 142 valence electrons. The fraction of sp³-hybridized carbons (Fsp3) is 0.409. The lowest BCUT2D eigenvalue weighted by molar-refractivity contribution is -0.129. The maximum absolute atomic E-state index is 12.7. The molecule has 5 nitrogen and oxygen atoms in total. The van der Waals surface area contributed by atoms with Crippen LogP contribution in [-0.2, 0) is 24.3 Å². The second kappa shape index (κ2) is 8.01. The molecule has 0 unspecified atom stereocenters. The number of hydrogen-bond donors (Lipinski definition) is 0. The molecule has 1 fully saturated rings. The Hall–Kier alpha value is -2.53. The summed E-state index contributed by atoms with van der Waals surface area (Å²) in [5.41, 5.74) is 3.49. The van der Waals surface area contributed by atoms with Crippen LogP contribution >= 0.6 is 0 Å². The summed E-state index contributed by atoms with van der Waals surface area (Å²) in [6.45, 7) is 4.20. The zero-order valence-electron chi connectivity index (χ0n) is 15.8. The van der Waals surface area contributed by atoms with Gasteiger partial charge in [-0.2, -0.15) is 0 Å². The normalized spacial score (nSPS) is 15.9.